The average Bonchev–Trinajstić information content (AvgIpc) is 3.83. The standard InChI is InChI=1S/C43H55F2N11O6/c1-47-43(61)53-18-13-33(32(24-53)40(46)54-15-4-5-25-19-30(26-21-49-51(2)22-26)31(39(44)45)20-35(25)54)50-27-11-16-52(17-12-27)36(57)10-14-48-34-7-3-6-29-38(34)42(60)56(41(29)59)28-8-9-37(58)55(62)23-28/h3,6-7,19,21-22,27-28,31-33,39,46,48,50,62H,4-5,8-18,20,23-24H2,1-2H3,(H,47,61). The molecule has 3 saturated heterocycles. The molecule has 2 aromatic rings. The van der Waals surface area contributed by atoms with E-state index in [1.807, 2.05) is 15.9 Å². The van der Waals surface area contributed by atoms with Gasteiger partial charge >= 0.3 is 6.03 Å². The van der Waals surface area contributed by atoms with Crippen molar-refractivity contribution in [2.45, 2.75) is 82.3 Å². The topological polar surface area (TPSA) is 200 Å². The van der Waals surface area contributed by atoms with Crippen LogP contribution in [0.1, 0.15) is 84.1 Å². The summed E-state index contributed by atoms with van der Waals surface area (Å²) in [5.41, 5.74) is 3.86. The lowest BCUT2D eigenvalue weighted by Gasteiger charge is -2.46. The first-order valence-corrected chi connectivity index (χ1v) is 21.6. The number of hydroxylamine groups is 2. The van der Waals surface area contributed by atoms with Crippen LogP contribution in [-0.4, -0.2) is 153 Å². The van der Waals surface area contributed by atoms with Gasteiger partial charge in [0, 0.05) is 114 Å². The highest BCUT2D eigenvalue weighted by atomic mass is 19.3. The molecule has 3 fully saturated rings. The highest BCUT2D eigenvalue weighted by Gasteiger charge is 2.45. The molecule has 0 spiro atoms. The molecule has 0 bridgehead atoms. The second-order valence-corrected chi connectivity index (χ2v) is 17.1. The molecular formula is C43H55F2N11O6. The molecule has 5 aliphatic heterocycles. The maximum Gasteiger partial charge on any atom is 0.317 e. The van der Waals surface area contributed by atoms with Gasteiger partial charge < -0.3 is 30.7 Å². The second kappa shape index (κ2) is 18.0. The number of aromatic nitrogens is 2. The van der Waals surface area contributed by atoms with Crippen LogP contribution >= 0.6 is 0 Å². The number of piperidine rings is 3. The molecule has 1 aromatic carbocycles. The minimum Gasteiger partial charge on any atom is -0.384 e. The monoisotopic (exact) mass is 859 g/mol. The molecule has 17 nitrogen and oxygen atoms in total. The minimum absolute atomic E-state index is 0.0258. The summed E-state index contributed by atoms with van der Waals surface area (Å²) in [5.74, 6) is -2.59. The zero-order valence-electron chi connectivity index (χ0n) is 35.1. The molecule has 6 aliphatic rings. The number of nitrogens with one attached hydrogen (secondary N) is 4. The Morgan fingerprint density at radius 1 is 1.00 bits per heavy atom. The molecule has 1 aliphatic carbocycles. The van der Waals surface area contributed by atoms with Gasteiger partial charge in [-0.3, -0.25) is 39.4 Å². The first kappa shape index (κ1) is 43.0. The van der Waals surface area contributed by atoms with Gasteiger partial charge in [0.25, 0.3) is 11.8 Å². The van der Waals surface area contributed by atoms with Gasteiger partial charge in [0.1, 0.15) is 5.84 Å². The predicted molar refractivity (Wildman–Crippen MR) is 223 cm³/mol. The fraction of sp³-hybridized carbons (Fsp3) is 0.558. The first-order chi connectivity index (χ1) is 29.8. The summed E-state index contributed by atoms with van der Waals surface area (Å²) in [6.45, 7) is 2.47. The van der Waals surface area contributed by atoms with Gasteiger partial charge in [0.05, 0.1) is 35.8 Å². The number of imide groups is 1. The van der Waals surface area contributed by atoms with E-state index in [-0.39, 0.29) is 73.9 Å². The number of amidine groups is 1. The lowest BCUT2D eigenvalue weighted by Crippen LogP contribution is -2.60. The number of halogens is 2. The third kappa shape index (κ3) is 8.43. The number of benzene rings is 1. The summed E-state index contributed by atoms with van der Waals surface area (Å²) >= 11 is 0. The maximum absolute atomic E-state index is 14.7. The Hall–Kier alpha value is -5.69. The SMILES string of the molecule is CNC(=O)N1CCC(NC2CCN(C(=O)CCNc3cccc4c3C(=O)N(C3CCC(=O)N(O)C3)C4=O)CC2)C(C(=N)N2CCCC3=C2CC(C(F)F)C(c2cnn(C)c2)=C3)C1. The number of rotatable bonds is 10. The number of carbonyl (C=O) groups excluding carboxylic acids is 5. The van der Waals surface area contributed by atoms with Crippen LogP contribution in [0.5, 0.6) is 0 Å². The summed E-state index contributed by atoms with van der Waals surface area (Å²) in [6.07, 6.45) is 6.69. The summed E-state index contributed by atoms with van der Waals surface area (Å²) in [5, 5.41) is 34.0. The Kier molecular flexibility index (Phi) is 12.4. The summed E-state index contributed by atoms with van der Waals surface area (Å²) in [6, 6.07) is 3.98. The number of hydrogen-bond donors (Lipinski definition) is 5. The molecule has 4 atom stereocenters. The van der Waals surface area contributed by atoms with Crippen molar-refractivity contribution in [2.75, 3.05) is 58.2 Å². The van der Waals surface area contributed by atoms with Gasteiger partial charge in [-0.1, -0.05) is 12.1 Å². The summed E-state index contributed by atoms with van der Waals surface area (Å²) in [7, 11) is 3.34. The highest BCUT2D eigenvalue weighted by Crippen LogP contribution is 2.43. The van der Waals surface area contributed by atoms with Crippen molar-refractivity contribution >= 4 is 46.8 Å². The van der Waals surface area contributed by atoms with E-state index in [2.05, 4.69) is 21.0 Å². The lowest BCUT2D eigenvalue weighted by atomic mass is 9.80. The van der Waals surface area contributed by atoms with Crippen LogP contribution in [0.2, 0.25) is 0 Å². The predicted octanol–water partition coefficient (Wildman–Crippen LogP) is 3.50. The number of carbonyl (C=O) groups is 5. The maximum atomic E-state index is 14.7. The van der Waals surface area contributed by atoms with E-state index >= 15 is 0 Å². The van der Waals surface area contributed by atoms with E-state index in [1.165, 1.54) is 0 Å². The number of urea groups is 1. The van der Waals surface area contributed by atoms with Crippen molar-refractivity contribution in [3.63, 3.8) is 0 Å². The van der Waals surface area contributed by atoms with Crippen molar-refractivity contribution in [1.82, 2.24) is 45.1 Å². The van der Waals surface area contributed by atoms with Gasteiger partial charge in [-0.15, -0.1) is 0 Å². The van der Waals surface area contributed by atoms with Gasteiger partial charge in [-0.05, 0) is 61.8 Å². The lowest BCUT2D eigenvalue weighted by molar-refractivity contribution is -0.173. The van der Waals surface area contributed by atoms with Crippen molar-refractivity contribution in [1.29, 1.82) is 5.41 Å². The van der Waals surface area contributed by atoms with E-state index < -0.39 is 42.0 Å². The molecule has 1 aromatic heterocycles. The third-order valence-corrected chi connectivity index (χ3v) is 13.4. The second-order valence-electron chi connectivity index (χ2n) is 17.1. The number of amides is 6. The molecule has 0 saturated carbocycles. The van der Waals surface area contributed by atoms with Gasteiger partial charge in [-0.25, -0.2) is 18.6 Å². The number of nitrogens with zero attached hydrogens (tertiary/aromatic N) is 7. The Bertz CT molecular complexity index is 2180. The number of likely N-dealkylation sites (tertiary alicyclic amines) is 2. The summed E-state index contributed by atoms with van der Waals surface area (Å²) in [4.78, 5) is 71.4. The molecule has 6 heterocycles. The Morgan fingerprint density at radius 2 is 1.77 bits per heavy atom. The fourth-order valence-electron chi connectivity index (χ4n) is 10.1. The zero-order chi connectivity index (χ0) is 43.8. The third-order valence-electron chi connectivity index (χ3n) is 13.4. The molecule has 332 valence electrons. The van der Waals surface area contributed by atoms with Crippen molar-refractivity contribution < 1.29 is 38.0 Å². The molecule has 62 heavy (non-hydrogen) atoms. The van der Waals surface area contributed by atoms with Crippen LogP contribution < -0.4 is 16.0 Å². The van der Waals surface area contributed by atoms with Gasteiger partial charge in [0.2, 0.25) is 18.2 Å². The zero-order valence-corrected chi connectivity index (χ0v) is 35.1. The van der Waals surface area contributed by atoms with E-state index in [4.69, 9.17) is 0 Å². The molecular weight excluding hydrogens is 805 g/mol. The van der Waals surface area contributed by atoms with E-state index in [0.29, 0.717) is 79.7 Å². The van der Waals surface area contributed by atoms with E-state index in [0.717, 1.165) is 29.0 Å². The Labute approximate surface area is 358 Å². The van der Waals surface area contributed by atoms with Crippen molar-refractivity contribution in [2.24, 2.45) is 18.9 Å². The minimum atomic E-state index is -2.60. The van der Waals surface area contributed by atoms with Gasteiger partial charge in [0.15, 0.2) is 0 Å². The number of allylic oxidation sites excluding steroid dienone is 4. The van der Waals surface area contributed by atoms with Crippen molar-refractivity contribution in [3.05, 3.63) is 64.6 Å². The molecule has 5 N–H and O–H groups in total. The average molecular weight is 860 g/mol. The van der Waals surface area contributed by atoms with Crippen LogP contribution in [0.25, 0.3) is 5.57 Å². The first-order valence-electron chi connectivity index (χ1n) is 21.6. The number of anilines is 1. The van der Waals surface area contributed by atoms with Gasteiger partial charge in [-0.2, -0.15) is 5.10 Å². The van der Waals surface area contributed by atoms with Crippen LogP contribution in [0.15, 0.2) is 47.9 Å². The molecule has 0 radical (unpaired) electrons. The van der Waals surface area contributed by atoms with E-state index in [1.54, 1.807) is 54.3 Å². The molecule has 8 rings (SSSR count). The van der Waals surface area contributed by atoms with Crippen LogP contribution in [0, 0.1) is 17.2 Å². The van der Waals surface area contributed by atoms with Crippen LogP contribution in [-0.2, 0) is 16.6 Å². The smallest absolute Gasteiger partial charge is 0.317 e. The summed E-state index contributed by atoms with van der Waals surface area (Å²) < 4.78 is 31.0. The Balaban J connectivity index is 0.882. The van der Waals surface area contributed by atoms with Crippen LogP contribution in [0.3, 0.4) is 0 Å². The number of fused-ring (bicyclic) bond motifs is 1. The molecule has 4 unspecified atom stereocenters. The van der Waals surface area contributed by atoms with E-state index in [9.17, 15) is 43.4 Å². The molecule has 19 heteroatoms. The highest BCUT2D eigenvalue weighted by molar-refractivity contribution is 6.24. The molecule has 6 amide bonds. The largest absolute Gasteiger partial charge is 0.384 e. The normalized spacial score (nSPS) is 24.7. The number of hydrogen-bond acceptors (Lipinski definition) is 10. The quantitative estimate of drug-likeness (QED) is 0.102. The Morgan fingerprint density at radius 3 is 2.48 bits per heavy atom. The number of aryl methyl sites for hydroxylation is 1. The number of alkyl halides is 2. The fourth-order valence-corrected chi connectivity index (χ4v) is 10.1. The van der Waals surface area contributed by atoms with Crippen molar-refractivity contribution in [3.8, 4) is 0 Å². The van der Waals surface area contributed by atoms with Crippen LogP contribution in [0.4, 0.5) is 19.3 Å².